The van der Waals surface area contributed by atoms with Crippen molar-refractivity contribution in [3.63, 3.8) is 0 Å². The van der Waals surface area contributed by atoms with Gasteiger partial charge >= 0.3 is 0 Å². The number of nitrogens with one attached hydrogen (secondary N) is 1. The van der Waals surface area contributed by atoms with Crippen LogP contribution < -0.4 is 5.32 Å². The molecular formula is C14H23N5. The van der Waals surface area contributed by atoms with E-state index in [0.717, 1.165) is 23.6 Å². The minimum atomic E-state index is 0.225. The molecule has 19 heavy (non-hydrogen) atoms. The first-order valence-electron chi connectivity index (χ1n) is 7.66. The smallest absolute Gasteiger partial charge is 0.168 e. The zero-order valence-corrected chi connectivity index (χ0v) is 11.8. The van der Waals surface area contributed by atoms with Crippen LogP contribution in [0.25, 0.3) is 0 Å². The second kappa shape index (κ2) is 4.01. The number of aromatic nitrogens is 4. The Balaban J connectivity index is 1.74. The third kappa shape index (κ3) is 1.67. The summed E-state index contributed by atoms with van der Waals surface area (Å²) in [5.41, 5.74) is 0.235. The second-order valence-corrected chi connectivity index (χ2v) is 7.10. The van der Waals surface area contributed by atoms with E-state index < -0.39 is 0 Å². The van der Waals surface area contributed by atoms with Gasteiger partial charge in [-0.15, -0.1) is 5.10 Å². The van der Waals surface area contributed by atoms with Gasteiger partial charge < -0.3 is 5.32 Å². The Morgan fingerprint density at radius 2 is 1.74 bits per heavy atom. The molecule has 4 saturated carbocycles. The van der Waals surface area contributed by atoms with Crippen molar-refractivity contribution >= 4 is 0 Å². The maximum Gasteiger partial charge on any atom is 0.168 e. The van der Waals surface area contributed by atoms with E-state index >= 15 is 0 Å². The van der Waals surface area contributed by atoms with Gasteiger partial charge in [-0.1, -0.05) is 0 Å². The lowest BCUT2D eigenvalue weighted by Gasteiger charge is -2.56. The number of rotatable bonds is 3. The molecule has 5 heteroatoms. The van der Waals surface area contributed by atoms with Gasteiger partial charge in [0.05, 0.1) is 11.6 Å². The first kappa shape index (κ1) is 11.8. The maximum absolute atomic E-state index is 4.39. The molecule has 0 amide bonds. The van der Waals surface area contributed by atoms with Crippen LogP contribution in [0.3, 0.4) is 0 Å². The second-order valence-electron chi connectivity index (χ2n) is 7.10. The lowest BCUT2D eigenvalue weighted by molar-refractivity contribution is -0.0522. The van der Waals surface area contributed by atoms with E-state index in [4.69, 9.17) is 0 Å². The van der Waals surface area contributed by atoms with Crippen LogP contribution in [0, 0.1) is 17.8 Å². The lowest BCUT2D eigenvalue weighted by Crippen LogP contribution is -2.53. The molecule has 0 aromatic carbocycles. The maximum atomic E-state index is 4.39. The standard InChI is InChI=1S/C14H23N5/c1-9(15-2)13-16-17-18-19(13)14-6-10-3-11(7-14)5-12(4-10)8-14/h9-12,15H,3-8H2,1-2H3. The van der Waals surface area contributed by atoms with E-state index in [-0.39, 0.29) is 11.6 Å². The number of tetrazole rings is 1. The van der Waals surface area contributed by atoms with E-state index in [9.17, 15) is 0 Å². The average molecular weight is 261 g/mol. The van der Waals surface area contributed by atoms with Crippen LogP contribution in [0.15, 0.2) is 0 Å². The number of hydrogen-bond acceptors (Lipinski definition) is 4. The molecule has 4 bridgehead atoms. The minimum Gasteiger partial charge on any atom is -0.311 e. The Morgan fingerprint density at radius 1 is 1.16 bits per heavy atom. The molecule has 0 spiro atoms. The predicted octanol–water partition coefficient (Wildman–Crippen LogP) is 1.88. The Hall–Kier alpha value is -0.970. The highest BCUT2D eigenvalue weighted by atomic mass is 15.6. The summed E-state index contributed by atoms with van der Waals surface area (Å²) in [6.07, 6.45) is 8.27. The molecule has 1 aromatic heterocycles. The highest BCUT2D eigenvalue weighted by Gasteiger charge is 2.53. The highest BCUT2D eigenvalue weighted by Crippen LogP contribution is 2.58. The number of nitrogens with zero attached hydrogens (tertiary/aromatic N) is 4. The summed E-state index contributed by atoms with van der Waals surface area (Å²) in [6.45, 7) is 2.14. The van der Waals surface area contributed by atoms with Crippen molar-refractivity contribution in [1.82, 2.24) is 25.5 Å². The van der Waals surface area contributed by atoms with Gasteiger partial charge in [-0.2, -0.15) is 0 Å². The van der Waals surface area contributed by atoms with Gasteiger partial charge in [0.2, 0.25) is 0 Å². The molecule has 4 aliphatic rings. The Bertz CT molecular complexity index is 445. The van der Waals surface area contributed by atoms with Crippen molar-refractivity contribution < 1.29 is 0 Å². The summed E-state index contributed by atoms with van der Waals surface area (Å²) in [7, 11) is 1.98. The highest BCUT2D eigenvalue weighted by molar-refractivity contribution is 5.07. The van der Waals surface area contributed by atoms with Crippen LogP contribution in [0.1, 0.15) is 57.3 Å². The number of hydrogen-bond donors (Lipinski definition) is 1. The van der Waals surface area contributed by atoms with Crippen molar-refractivity contribution in [2.45, 2.75) is 57.0 Å². The molecule has 0 radical (unpaired) electrons. The van der Waals surface area contributed by atoms with Gasteiger partial charge in [-0.3, -0.25) is 0 Å². The van der Waals surface area contributed by atoms with Crippen molar-refractivity contribution in [3.8, 4) is 0 Å². The summed E-state index contributed by atoms with van der Waals surface area (Å²) < 4.78 is 2.19. The Kier molecular flexibility index (Phi) is 2.50. The molecule has 4 fully saturated rings. The van der Waals surface area contributed by atoms with E-state index in [0.29, 0.717) is 0 Å². The third-order valence-corrected chi connectivity index (χ3v) is 5.77. The average Bonchev–Trinajstić information content (AvgIpc) is 2.86. The lowest BCUT2D eigenvalue weighted by atomic mass is 9.53. The van der Waals surface area contributed by atoms with Crippen LogP contribution in [0.4, 0.5) is 0 Å². The van der Waals surface area contributed by atoms with Gasteiger partial charge in [-0.05, 0) is 80.7 Å². The summed E-state index contributed by atoms with van der Waals surface area (Å²) in [5, 5.41) is 15.9. The van der Waals surface area contributed by atoms with Crippen molar-refractivity contribution in [1.29, 1.82) is 0 Å². The van der Waals surface area contributed by atoms with Crippen molar-refractivity contribution in [2.75, 3.05) is 7.05 Å². The fraction of sp³-hybridized carbons (Fsp3) is 0.929. The van der Waals surface area contributed by atoms with E-state index in [1.54, 1.807) is 0 Å². The molecule has 0 aliphatic heterocycles. The van der Waals surface area contributed by atoms with Gasteiger partial charge in [0, 0.05) is 0 Å². The molecule has 5 nitrogen and oxygen atoms in total. The Morgan fingerprint density at radius 3 is 2.26 bits per heavy atom. The minimum absolute atomic E-state index is 0.225. The molecule has 1 unspecified atom stereocenters. The topological polar surface area (TPSA) is 55.6 Å². The molecule has 0 saturated heterocycles. The van der Waals surface area contributed by atoms with Gasteiger partial charge in [-0.25, -0.2) is 4.68 Å². The summed E-state index contributed by atoms with van der Waals surface area (Å²) in [4.78, 5) is 0. The van der Waals surface area contributed by atoms with E-state index in [1.165, 1.54) is 38.5 Å². The van der Waals surface area contributed by atoms with Crippen LogP contribution in [-0.4, -0.2) is 27.3 Å². The summed E-state index contributed by atoms with van der Waals surface area (Å²) in [5.74, 6) is 3.79. The predicted molar refractivity (Wildman–Crippen MR) is 71.4 cm³/mol. The quantitative estimate of drug-likeness (QED) is 0.902. The molecule has 1 atom stereocenters. The van der Waals surface area contributed by atoms with Gasteiger partial charge in [0.15, 0.2) is 5.82 Å². The molecular weight excluding hydrogens is 238 g/mol. The first-order valence-corrected chi connectivity index (χ1v) is 7.66. The molecule has 4 aliphatic carbocycles. The van der Waals surface area contributed by atoms with Crippen molar-refractivity contribution in [2.24, 2.45) is 17.8 Å². The first-order chi connectivity index (χ1) is 9.20. The zero-order chi connectivity index (χ0) is 13.0. The largest absolute Gasteiger partial charge is 0.311 e. The van der Waals surface area contributed by atoms with Crippen LogP contribution in [-0.2, 0) is 5.54 Å². The van der Waals surface area contributed by atoms with Crippen LogP contribution in [0.5, 0.6) is 0 Å². The van der Waals surface area contributed by atoms with Crippen LogP contribution in [0.2, 0.25) is 0 Å². The Labute approximate surface area is 114 Å². The summed E-state index contributed by atoms with van der Waals surface area (Å²) in [6, 6.07) is 0.225. The third-order valence-electron chi connectivity index (χ3n) is 5.77. The fourth-order valence-corrected chi connectivity index (χ4v) is 5.26. The van der Waals surface area contributed by atoms with Gasteiger partial charge in [0.1, 0.15) is 0 Å². The molecule has 104 valence electrons. The zero-order valence-electron chi connectivity index (χ0n) is 11.8. The van der Waals surface area contributed by atoms with Crippen molar-refractivity contribution in [3.05, 3.63) is 5.82 Å². The molecule has 1 aromatic rings. The van der Waals surface area contributed by atoms with E-state index in [1.807, 2.05) is 7.05 Å². The SMILES string of the molecule is CNC(C)c1nnnn1C12CC3CC(CC(C3)C1)C2. The normalized spacial score (nSPS) is 41.7. The molecule has 1 N–H and O–H groups in total. The fourth-order valence-electron chi connectivity index (χ4n) is 5.26. The van der Waals surface area contributed by atoms with Crippen LogP contribution >= 0.6 is 0 Å². The monoisotopic (exact) mass is 261 g/mol. The molecule has 5 rings (SSSR count). The summed E-state index contributed by atoms with van der Waals surface area (Å²) >= 11 is 0. The molecule has 1 heterocycles. The van der Waals surface area contributed by atoms with E-state index in [2.05, 4.69) is 32.4 Å². The van der Waals surface area contributed by atoms with Gasteiger partial charge in [0.25, 0.3) is 0 Å².